The summed E-state index contributed by atoms with van der Waals surface area (Å²) in [6.45, 7) is 5.89. The zero-order valence-corrected chi connectivity index (χ0v) is 11.8. The van der Waals surface area contributed by atoms with Crippen molar-refractivity contribution in [1.82, 2.24) is 5.32 Å². The van der Waals surface area contributed by atoms with Gasteiger partial charge in [0.2, 0.25) is 5.91 Å². The summed E-state index contributed by atoms with van der Waals surface area (Å²) < 4.78 is 0. The number of nitrogens with one attached hydrogen (secondary N) is 2. The smallest absolute Gasteiger partial charge is 0.251 e. The first kappa shape index (κ1) is 15.2. The first-order valence-corrected chi connectivity index (χ1v) is 6.77. The Labute approximate surface area is 114 Å². The topological polar surface area (TPSA) is 58.2 Å². The standard InChI is InChI=1S/C15H22N2O2/c1-4-6-11(3)16-15(19)12-7-9-13(10-8-12)17-14(18)5-2/h7-11H,4-6H2,1-3H3,(H,16,19)(H,17,18). The van der Waals surface area contributed by atoms with E-state index in [4.69, 9.17) is 0 Å². The summed E-state index contributed by atoms with van der Waals surface area (Å²) in [6.07, 6.45) is 2.45. The molecule has 0 aliphatic rings. The third-order valence-electron chi connectivity index (χ3n) is 2.85. The van der Waals surface area contributed by atoms with Crippen LogP contribution in [-0.2, 0) is 4.79 Å². The number of hydrogen-bond donors (Lipinski definition) is 2. The summed E-state index contributed by atoms with van der Waals surface area (Å²) in [7, 11) is 0. The van der Waals surface area contributed by atoms with Crippen LogP contribution in [0.2, 0.25) is 0 Å². The van der Waals surface area contributed by atoms with E-state index in [1.807, 2.05) is 6.92 Å². The summed E-state index contributed by atoms with van der Waals surface area (Å²) in [5.41, 5.74) is 1.32. The van der Waals surface area contributed by atoms with Gasteiger partial charge in [0.05, 0.1) is 0 Å². The van der Waals surface area contributed by atoms with Crippen LogP contribution in [0, 0.1) is 0 Å². The van der Waals surface area contributed by atoms with E-state index in [0.717, 1.165) is 12.8 Å². The predicted octanol–water partition coefficient (Wildman–Crippen LogP) is 2.95. The third kappa shape index (κ3) is 5.12. The Morgan fingerprint density at radius 2 is 1.79 bits per heavy atom. The van der Waals surface area contributed by atoms with Gasteiger partial charge in [-0.25, -0.2) is 0 Å². The molecule has 0 radical (unpaired) electrons. The highest BCUT2D eigenvalue weighted by atomic mass is 16.2. The number of hydrogen-bond acceptors (Lipinski definition) is 2. The van der Waals surface area contributed by atoms with E-state index in [2.05, 4.69) is 17.6 Å². The molecule has 0 bridgehead atoms. The molecule has 19 heavy (non-hydrogen) atoms. The summed E-state index contributed by atoms with van der Waals surface area (Å²) in [6, 6.07) is 7.11. The van der Waals surface area contributed by atoms with Gasteiger partial charge < -0.3 is 10.6 Å². The molecule has 4 heteroatoms. The van der Waals surface area contributed by atoms with Crippen LogP contribution in [0.3, 0.4) is 0 Å². The summed E-state index contributed by atoms with van der Waals surface area (Å²) in [5.74, 6) is -0.108. The first-order valence-electron chi connectivity index (χ1n) is 6.77. The van der Waals surface area contributed by atoms with Crippen molar-refractivity contribution in [2.75, 3.05) is 5.32 Å². The van der Waals surface area contributed by atoms with Crippen molar-refractivity contribution in [3.8, 4) is 0 Å². The second kappa shape index (κ2) is 7.56. The average Bonchev–Trinajstić information content (AvgIpc) is 2.39. The van der Waals surface area contributed by atoms with Crippen LogP contribution in [0.25, 0.3) is 0 Å². The SMILES string of the molecule is CCCC(C)NC(=O)c1ccc(NC(=O)CC)cc1. The van der Waals surface area contributed by atoms with Gasteiger partial charge in [0, 0.05) is 23.7 Å². The lowest BCUT2D eigenvalue weighted by molar-refractivity contribution is -0.115. The summed E-state index contributed by atoms with van der Waals surface area (Å²) in [4.78, 5) is 23.1. The highest BCUT2D eigenvalue weighted by molar-refractivity contribution is 5.95. The minimum atomic E-state index is -0.0747. The lowest BCUT2D eigenvalue weighted by Gasteiger charge is -2.13. The Balaban J connectivity index is 2.60. The van der Waals surface area contributed by atoms with E-state index >= 15 is 0 Å². The maximum atomic E-state index is 11.9. The molecule has 2 amide bonds. The second-order valence-electron chi connectivity index (χ2n) is 4.64. The monoisotopic (exact) mass is 262 g/mol. The average molecular weight is 262 g/mol. The van der Waals surface area contributed by atoms with E-state index in [1.165, 1.54) is 0 Å². The third-order valence-corrected chi connectivity index (χ3v) is 2.85. The van der Waals surface area contributed by atoms with Gasteiger partial charge in [-0.2, -0.15) is 0 Å². The largest absolute Gasteiger partial charge is 0.350 e. The number of rotatable bonds is 6. The molecule has 104 valence electrons. The van der Waals surface area contributed by atoms with Crippen LogP contribution < -0.4 is 10.6 Å². The van der Waals surface area contributed by atoms with Gasteiger partial charge in [-0.3, -0.25) is 9.59 Å². The van der Waals surface area contributed by atoms with Gasteiger partial charge in [0.25, 0.3) is 5.91 Å². The van der Waals surface area contributed by atoms with Crippen molar-refractivity contribution in [1.29, 1.82) is 0 Å². The van der Waals surface area contributed by atoms with Crippen molar-refractivity contribution in [2.24, 2.45) is 0 Å². The molecular weight excluding hydrogens is 240 g/mol. The Bertz CT molecular complexity index is 426. The Hall–Kier alpha value is -1.84. The van der Waals surface area contributed by atoms with Crippen LogP contribution in [0.4, 0.5) is 5.69 Å². The maximum Gasteiger partial charge on any atom is 0.251 e. The second-order valence-corrected chi connectivity index (χ2v) is 4.64. The van der Waals surface area contributed by atoms with E-state index in [1.54, 1.807) is 31.2 Å². The molecule has 1 rings (SSSR count). The van der Waals surface area contributed by atoms with Crippen LogP contribution in [0.1, 0.15) is 50.4 Å². The fraction of sp³-hybridized carbons (Fsp3) is 0.467. The lowest BCUT2D eigenvalue weighted by Crippen LogP contribution is -2.32. The van der Waals surface area contributed by atoms with E-state index in [-0.39, 0.29) is 17.9 Å². The number of amides is 2. The van der Waals surface area contributed by atoms with Gasteiger partial charge in [-0.1, -0.05) is 20.3 Å². The molecule has 4 nitrogen and oxygen atoms in total. The number of carbonyl (C=O) groups excluding carboxylic acids is 2. The summed E-state index contributed by atoms with van der Waals surface area (Å²) in [5, 5.41) is 5.69. The quantitative estimate of drug-likeness (QED) is 0.828. The maximum absolute atomic E-state index is 11.9. The molecule has 0 aliphatic carbocycles. The van der Waals surface area contributed by atoms with E-state index in [9.17, 15) is 9.59 Å². The Morgan fingerprint density at radius 3 is 2.32 bits per heavy atom. The number of carbonyl (C=O) groups is 2. The molecule has 0 heterocycles. The molecule has 1 atom stereocenters. The van der Waals surface area contributed by atoms with E-state index < -0.39 is 0 Å². The van der Waals surface area contributed by atoms with E-state index in [0.29, 0.717) is 17.7 Å². The first-order chi connectivity index (χ1) is 9.06. The number of anilines is 1. The molecule has 0 saturated heterocycles. The molecule has 2 N–H and O–H groups in total. The van der Waals surface area contributed by atoms with Crippen molar-refractivity contribution >= 4 is 17.5 Å². The lowest BCUT2D eigenvalue weighted by atomic mass is 10.1. The minimum absolute atomic E-state index is 0.0335. The normalized spacial score (nSPS) is 11.7. The van der Waals surface area contributed by atoms with Crippen molar-refractivity contribution in [3.05, 3.63) is 29.8 Å². The Morgan fingerprint density at radius 1 is 1.16 bits per heavy atom. The molecule has 1 aromatic carbocycles. The fourth-order valence-corrected chi connectivity index (χ4v) is 1.77. The molecule has 1 aromatic rings. The van der Waals surface area contributed by atoms with Crippen molar-refractivity contribution < 1.29 is 9.59 Å². The molecule has 0 spiro atoms. The van der Waals surface area contributed by atoms with Crippen LogP contribution in [0.5, 0.6) is 0 Å². The van der Waals surface area contributed by atoms with Gasteiger partial charge >= 0.3 is 0 Å². The summed E-state index contributed by atoms with van der Waals surface area (Å²) >= 11 is 0. The highest BCUT2D eigenvalue weighted by Gasteiger charge is 2.09. The molecular formula is C15H22N2O2. The zero-order valence-electron chi connectivity index (χ0n) is 11.8. The van der Waals surface area contributed by atoms with Gasteiger partial charge in [-0.15, -0.1) is 0 Å². The van der Waals surface area contributed by atoms with Gasteiger partial charge in [-0.05, 0) is 37.6 Å². The van der Waals surface area contributed by atoms with Crippen LogP contribution in [-0.4, -0.2) is 17.9 Å². The molecule has 0 saturated carbocycles. The zero-order chi connectivity index (χ0) is 14.3. The molecule has 0 aliphatic heterocycles. The fourth-order valence-electron chi connectivity index (χ4n) is 1.77. The minimum Gasteiger partial charge on any atom is -0.350 e. The van der Waals surface area contributed by atoms with Crippen molar-refractivity contribution in [2.45, 2.75) is 46.1 Å². The van der Waals surface area contributed by atoms with Gasteiger partial charge in [0.1, 0.15) is 0 Å². The number of benzene rings is 1. The van der Waals surface area contributed by atoms with Gasteiger partial charge in [0.15, 0.2) is 0 Å². The molecule has 0 aromatic heterocycles. The molecule has 1 unspecified atom stereocenters. The Kier molecular flexibility index (Phi) is 6.06. The molecule has 0 fully saturated rings. The predicted molar refractivity (Wildman–Crippen MR) is 77.2 cm³/mol. The van der Waals surface area contributed by atoms with Crippen molar-refractivity contribution in [3.63, 3.8) is 0 Å². The van der Waals surface area contributed by atoms with Crippen LogP contribution in [0.15, 0.2) is 24.3 Å². The van der Waals surface area contributed by atoms with Crippen LogP contribution >= 0.6 is 0 Å². The highest BCUT2D eigenvalue weighted by Crippen LogP contribution is 2.10.